The molecule has 1 aromatic rings. The van der Waals surface area contributed by atoms with Gasteiger partial charge in [-0.1, -0.05) is 22.0 Å². The van der Waals surface area contributed by atoms with Crippen LogP contribution in [0.25, 0.3) is 0 Å². The van der Waals surface area contributed by atoms with Crippen molar-refractivity contribution >= 4 is 21.6 Å². The fraction of sp³-hybridized carbons (Fsp3) is 0.429. The molecule has 0 fully saturated rings. The Balaban J connectivity index is 2.89. The van der Waals surface area contributed by atoms with E-state index in [0.29, 0.717) is 0 Å². The van der Waals surface area contributed by atoms with E-state index in [0.717, 1.165) is 23.2 Å². The number of nitrogens with two attached hydrogens (primary N) is 1. The van der Waals surface area contributed by atoms with E-state index in [-0.39, 0.29) is 5.54 Å². The predicted molar refractivity (Wildman–Crippen MR) is 78.9 cm³/mol. The zero-order valence-electron chi connectivity index (χ0n) is 10.8. The maximum Gasteiger partial charge on any atom is 0.0328 e. The van der Waals surface area contributed by atoms with Crippen molar-refractivity contribution in [3.8, 4) is 0 Å². The van der Waals surface area contributed by atoms with Gasteiger partial charge in [-0.15, -0.1) is 6.58 Å². The molecule has 0 spiro atoms. The van der Waals surface area contributed by atoms with Gasteiger partial charge in [0.1, 0.15) is 0 Å². The van der Waals surface area contributed by atoms with Gasteiger partial charge in [-0.05, 0) is 44.5 Å². The highest BCUT2D eigenvalue weighted by Crippen LogP contribution is 2.22. The third-order valence-electron chi connectivity index (χ3n) is 2.65. The first-order valence-electron chi connectivity index (χ1n) is 5.74. The lowest BCUT2D eigenvalue weighted by Crippen LogP contribution is -2.40. The minimum atomic E-state index is 0.116. The van der Waals surface area contributed by atoms with Crippen LogP contribution in [0.2, 0.25) is 0 Å². The van der Waals surface area contributed by atoms with Gasteiger partial charge in [-0.3, -0.25) is 4.90 Å². The molecule has 3 heteroatoms. The average Bonchev–Trinajstić information content (AvgIpc) is 2.13. The molecule has 0 heterocycles. The molecular formula is C14H21BrN2. The van der Waals surface area contributed by atoms with Gasteiger partial charge < -0.3 is 5.73 Å². The first kappa shape index (κ1) is 14.3. The lowest BCUT2D eigenvalue weighted by molar-refractivity contribution is 0.145. The molecule has 2 N–H and O–H groups in total. The van der Waals surface area contributed by atoms with Crippen molar-refractivity contribution in [1.29, 1.82) is 0 Å². The van der Waals surface area contributed by atoms with Crippen molar-refractivity contribution in [3.63, 3.8) is 0 Å². The molecular weight excluding hydrogens is 276 g/mol. The second kappa shape index (κ2) is 5.69. The summed E-state index contributed by atoms with van der Waals surface area (Å²) in [6.07, 6.45) is 1.94. The molecule has 0 aliphatic heterocycles. The third-order valence-corrected chi connectivity index (χ3v) is 3.11. The zero-order chi connectivity index (χ0) is 13.1. The summed E-state index contributed by atoms with van der Waals surface area (Å²) in [6, 6.07) is 6.04. The van der Waals surface area contributed by atoms with Crippen LogP contribution in [0.1, 0.15) is 26.3 Å². The van der Waals surface area contributed by atoms with E-state index in [2.05, 4.69) is 54.2 Å². The Hall–Kier alpha value is -0.800. The van der Waals surface area contributed by atoms with E-state index in [9.17, 15) is 0 Å². The van der Waals surface area contributed by atoms with Crippen LogP contribution in [0.15, 0.2) is 35.3 Å². The molecule has 0 unspecified atom stereocenters. The molecule has 17 heavy (non-hydrogen) atoms. The second-order valence-electron chi connectivity index (χ2n) is 5.23. The summed E-state index contributed by atoms with van der Waals surface area (Å²) in [5.41, 5.74) is 7.98. The van der Waals surface area contributed by atoms with Gasteiger partial charge in [0.05, 0.1) is 0 Å². The van der Waals surface area contributed by atoms with Gasteiger partial charge in [0, 0.05) is 28.8 Å². The number of rotatable bonds is 4. The highest BCUT2D eigenvalue weighted by Gasteiger charge is 2.20. The smallest absolute Gasteiger partial charge is 0.0328 e. The average molecular weight is 297 g/mol. The third kappa shape index (κ3) is 4.52. The number of hydrogen-bond acceptors (Lipinski definition) is 2. The van der Waals surface area contributed by atoms with Crippen LogP contribution in [0.5, 0.6) is 0 Å². The van der Waals surface area contributed by atoms with Crippen LogP contribution in [0, 0.1) is 0 Å². The van der Waals surface area contributed by atoms with Gasteiger partial charge >= 0.3 is 0 Å². The van der Waals surface area contributed by atoms with E-state index >= 15 is 0 Å². The topological polar surface area (TPSA) is 29.3 Å². The molecule has 0 amide bonds. The van der Waals surface area contributed by atoms with Crippen molar-refractivity contribution in [1.82, 2.24) is 4.90 Å². The van der Waals surface area contributed by atoms with Crippen LogP contribution in [0.3, 0.4) is 0 Å². The van der Waals surface area contributed by atoms with Crippen molar-refractivity contribution in [2.75, 3.05) is 12.3 Å². The van der Waals surface area contributed by atoms with Crippen molar-refractivity contribution < 1.29 is 0 Å². The van der Waals surface area contributed by atoms with Gasteiger partial charge in [0.15, 0.2) is 0 Å². The van der Waals surface area contributed by atoms with E-state index in [4.69, 9.17) is 5.73 Å². The van der Waals surface area contributed by atoms with Crippen LogP contribution in [-0.2, 0) is 6.54 Å². The summed E-state index contributed by atoms with van der Waals surface area (Å²) < 4.78 is 1.03. The summed E-state index contributed by atoms with van der Waals surface area (Å²) in [7, 11) is 0. The first-order valence-corrected chi connectivity index (χ1v) is 6.53. The summed E-state index contributed by atoms with van der Waals surface area (Å²) in [4.78, 5) is 2.36. The van der Waals surface area contributed by atoms with Gasteiger partial charge in [-0.25, -0.2) is 0 Å². The molecule has 2 nitrogen and oxygen atoms in total. The second-order valence-corrected chi connectivity index (χ2v) is 6.15. The maximum absolute atomic E-state index is 5.85. The molecule has 0 radical (unpaired) electrons. The maximum atomic E-state index is 5.85. The fourth-order valence-electron chi connectivity index (χ4n) is 1.72. The molecule has 1 aromatic carbocycles. The van der Waals surface area contributed by atoms with Gasteiger partial charge in [-0.2, -0.15) is 0 Å². The molecule has 0 saturated carbocycles. The largest absolute Gasteiger partial charge is 0.399 e. The summed E-state index contributed by atoms with van der Waals surface area (Å²) in [5.74, 6) is 0. The molecule has 0 bridgehead atoms. The van der Waals surface area contributed by atoms with Crippen molar-refractivity contribution in [3.05, 3.63) is 40.9 Å². The summed E-state index contributed by atoms with van der Waals surface area (Å²) in [5, 5.41) is 0. The SMILES string of the molecule is C=CCN(Cc1cc(N)cc(Br)c1)C(C)(C)C. The lowest BCUT2D eigenvalue weighted by atomic mass is 10.0. The van der Waals surface area contributed by atoms with Crippen molar-refractivity contribution in [2.45, 2.75) is 32.9 Å². The van der Waals surface area contributed by atoms with E-state index < -0.39 is 0 Å². The number of hydrogen-bond donors (Lipinski definition) is 1. The minimum absolute atomic E-state index is 0.116. The monoisotopic (exact) mass is 296 g/mol. The van der Waals surface area contributed by atoms with Crippen LogP contribution in [-0.4, -0.2) is 17.0 Å². The highest BCUT2D eigenvalue weighted by molar-refractivity contribution is 9.10. The Morgan fingerprint density at radius 3 is 2.47 bits per heavy atom. The lowest BCUT2D eigenvalue weighted by Gasteiger charge is -2.35. The number of halogens is 1. The zero-order valence-corrected chi connectivity index (χ0v) is 12.4. The van der Waals surface area contributed by atoms with Crippen LogP contribution >= 0.6 is 15.9 Å². The quantitative estimate of drug-likeness (QED) is 0.676. The van der Waals surface area contributed by atoms with Gasteiger partial charge in [0.25, 0.3) is 0 Å². The van der Waals surface area contributed by atoms with E-state index in [1.165, 1.54) is 5.56 Å². The molecule has 0 aliphatic carbocycles. The van der Waals surface area contributed by atoms with E-state index in [1.807, 2.05) is 18.2 Å². The Labute approximate surface area is 113 Å². The predicted octanol–water partition coefficient (Wildman–Crippen LogP) is 3.82. The van der Waals surface area contributed by atoms with Crippen LogP contribution < -0.4 is 5.73 Å². The standard InChI is InChI=1S/C14H21BrN2/c1-5-6-17(14(2,3)4)10-11-7-12(15)9-13(16)8-11/h5,7-9H,1,6,10,16H2,2-4H3. The summed E-state index contributed by atoms with van der Waals surface area (Å²) in [6.45, 7) is 12.2. The molecule has 0 aromatic heterocycles. The first-order chi connectivity index (χ1) is 7.82. The number of benzene rings is 1. The molecule has 0 saturated heterocycles. The normalized spacial score (nSPS) is 11.8. The highest BCUT2D eigenvalue weighted by atomic mass is 79.9. The molecule has 94 valence electrons. The Bertz CT molecular complexity index is 373. The molecule has 0 atom stereocenters. The number of nitrogen functional groups attached to an aromatic ring is 1. The van der Waals surface area contributed by atoms with E-state index in [1.54, 1.807) is 0 Å². The minimum Gasteiger partial charge on any atom is -0.399 e. The number of nitrogens with zero attached hydrogens (tertiary/aromatic N) is 1. The van der Waals surface area contributed by atoms with Crippen molar-refractivity contribution in [2.24, 2.45) is 0 Å². The molecule has 0 aliphatic rings. The summed E-state index contributed by atoms with van der Waals surface area (Å²) >= 11 is 3.47. The van der Waals surface area contributed by atoms with Gasteiger partial charge in [0.2, 0.25) is 0 Å². The molecule has 1 rings (SSSR count). The Kier molecular flexibility index (Phi) is 4.78. The fourth-order valence-corrected chi connectivity index (χ4v) is 2.28. The Morgan fingerprint density at radius 1 is 1.35 bits per heavy atom. The Morgan fingerprint density at radius 2 is 2.00 bits per heavy atom. The van der Waals surface area contributed by atoms with Crippen LogP contribution in [0.4, 0.5) is 5.69 Å². The number of anilines is 1.